The zero-order valence-electron chi connectivity index (χ0n) is 9.98. The minimum atomic E-state index is -0.291. The van der Waals surface area contributed by atoms with Gasteiger partial charge in [-0.1, -0.05) is 6.42 Å². The van der Waals surface area contributed by atoms with Crippen LogP contribution in [0.25, 0.3) is 0 Å². The molecule has 1 aromatic heterocycles. The molecule has 2 saturated carbocycles. The third kappa shape index (κ3) is 2.21. The predicted octanol–water partition coefficient (Wildman–Crippen LogP) is 3.05. The highest BCUT2D eigenvalue weighted by Crippen LogP contribution is 2.50. The molecule has 1 heterocycles. The van der Waals surface area contributed by atoms with E-state index in [1.165, 1.54) is 37.9 Å². The molecule has 3 rings (SSSR count). The molecule has 2 aliphatic rings. The van der Waals surface area contributed by atoms with E-state index in [2.05, 4.69) is 4.98 Å². The van der Waals surface area contributed by atoms with Crippen molar-refractivity contribution in [3.8, 4) is 0 Å². The number of fused-ring (bicyclic) bond motifs is 2. The van der Waals surface area contributed by atoms with Crippen LogP contribution < -0.4 is 5.73 Å². The Bertz CT molecular complexity index is 390. The lowest BCUT2D eigenvalue weighted by Crippen LogP contribution is -2.20. The van der Waals surface area contributed by atoms with E-state index < -0.39 is 0 Å². The fourth-order valence-electron chi connectivity index (χ4n) is 3.72. The minimum absolute atomic E-state index is 0.0278. The molecule has 2 N–H and O–H groups in total. The van der Waals surface area contributed by atoms with E-state index in [1.807, 2.05) is 0 Å². The van der Waals surface area contributed by atoms with Crippen LogP contribution in [-0.4, -0.2) is 4.98 Å². The molecule has 3 heteroatoms. The number of halogens is 1. The zero-order valence-corrected chi connectivity index (χ0v) is 9.98. The van der Waals surface area contributed by atoms with Crippen molar-refractivity contribution in [2.75, 3.05) is 0 Å². The van der Waals surface area contributed by atoms with Crippen LogP contribution in [0.3, 0.4) is 0 Å². The lowest BCUT2D eigenvalue weighted by atomic mass is 9.84. The Morgan fingerprint density at radius 3 is 2.82 bits per heavy atom. The fourth-order valence-corrected chi connectivity index (χ4v) is 3.72. The molecule has 1 aromatic rings. The molecule has 2 fully saturated rings. The van der Waals surface area contributed by atoms with Crippen molar-refractivity contribution in [3.05, 3.63) is 29.8 Å². The van der Waals surface area contributed by atoms with Crippen molar-refractivity contribution in [2.45, 2.75) is 38.1 Å². The van der Waals surface area contributed by atoms with Crippen LogP contribution in [0.4, 0.5) is 4.39 Å². The molecule has 0 saturated heterocycles. The van der Waals surface area contributed by atoms with Crippen molar-refractivity contribution in [1.82, 2.24) is 4.98 Å². The monoisotopic (exact) mass is 234 g/mol. The summed E-state index contributed by atoms with van der Waals surface area (Å²) < 4.78 is 12.8. The first-order valence-corrected chi connectivity index (χ1v) is 6.59. The van der Waals surface area contributed by atoms with Crippen molar-refractivity contribution >= 4 is 0 Å². The van der Waals surface area contributed by atoms with E-state index >= 15 is 0 Å². The topological polar surface area (TPSA) is 38.9 Å². The second kappa shape index (κ2) is 4.37. The van der Waals surface area contributed by atoms with Gasteiger partial charge in [-0.3, -0.25) is 4.98 Å². The maximum absolute atomic E-state index is 12.8. The second-order valence-corrected chi connectivity index (χ2v) is 5.68. The SMILES string of the molecule is NC(CC1CC2CCC1C2)c1ccc(F)cn1. The van der Waals surface area contributed by atoms with Crippen LogP contribution in [0.15, 0.2) is 18.3 Å². The van der Waals surface area contributed by atoms with Crippen LogP contribution in [0.5, 0.6) is 0 Å². The molecule has 2 nitrogen and oxygen atoms in total. The third-order valence-corrected chi connectivity index (χ3v) is 4.57. The van der Waals surface area contributed by atoms with Gasteiger partial charge in [0, 0.05) is 6.04 Å². The summed E-state index contributed by atoms with van der Waals surface area (Å²) in [6.45, 7) is 0. The quantitative estimate of drug-likeness (QED) is 0.873. The Morgan fingerprint density at radius 2 is 2.24 bits per heavy atom. The molecule has 2 bridgehead atoms. The van der Waals surface area contributed by atoms with Gasteiger partial charge in [0.1, 0.15) is 5.82 Å². The lowest BCUT2D eigenvalue weighted by molar-refractivity contribution is 0.294. The first-order chi connectivity index (χ1) is 8.22. The van der Waals surface area contributed by atoms with Crippen LogP contribution in [0.1, 0.15) is 43.8 Å². The van der Waals surface area contributed by atoms with Crippen molar-refractivity contribution < 1.29 is 4.39 Å². The summed E-state index contributed by atoms with van der Waals surface area (Å²) >= 11 is 0. The van der Waals surface area contributed by atoms with Gasteiger partial charge in [-0.05, 0) is 55.6 Å². The molecule has 0 amide bonds. The van der Waals surface area contributed by atoms with Crippen molar-refractivity contribution in [3.63, 3.8) is 0 Å². The van der Waals surface area contributed by atoms with Gasteiger partial charge in [0.2, 0.25) is 0 Å². The Hall–Kier alpha value is -0.960. The number of nitrogens with two attached hydrogens (primary N) is 1. The Labute approximate surface area is 101 Å². The van der Waals surface area contributed by atoms with Crippen LogP contribution >= 0.6 is 0 Å². The Morgan fingerprint density at radius 1 is 1.35 bits per heavy atom. The van der Waals surface area contributed by atoms with Gasteiger partial charge in [0.15, 0.2) is 0 Å². The molecular weight excluding hydrogens is 215 g/mol. The largest absolute Gasteiger partial charge is 0.323 e. The Balaban J connectivity index is 1.63. The number of hydrogen-bond acceptors (Lipinski definition) is 2. The van der Waals surface area contributed by atoms with Crippen LogP contribution in [0, 0.1) is 23.6 Å². The molecule has 17 heavy (non-hydrogen) atoms. The van der Waals surface area contributed by atoms with Crippen molar-refractivity contribution in [2.24, 2.45) is 23.5 Å². The third-order valence-electron chi connectivity index (χ3n) is 4.57. The summed E-state index contributed by atoms with van der Waals surface area (Å²) in [5, 5.41) is 0. The average molecular weight is 234 g/mol. The minimum Gasteiger partial charge on any atom is -0.323 e. The summed E-state index contributed by atoms with van der Waals surface area (Å²) in [7, 11) is 0. The molecule has 4 atom stereocenters. The number of hydrogen-bond donors (Lipinski definition) is 1. The first-order valence-electron chi connectivity index (χ1n) is 6.59. The van der Waals surface area contributed by atoms with E-state index in [-0.39, 0.29) is 11.9 Å². The molecule has 92 valence electrons. The maximum atomic E-state index is 12.8. The molecular formula is C14H19FN2. The number of rotatable bonds is 3. The highest BCUT2D eigenvalue weighted by Gasteiger charge is 2.39. The second-order valence-electron chi connectivity index (χ2n) is 5.68. The van der Waals surface area contributed by atoms with E-state index in [0.29, 0.717) is 0 Å². The lowest BCUT2D eigenvalue weighted by Gasteiger charge is -2.24. The smallest absolute Gasteiger partial charge is 0.141 e. The fraction of sp³-hybridized carbons (Fsp3) is 0.643. The number of pyridine rings is 1. The summed E-state index contributed by atoms with van der Waals surface area (Å²) in [6.07, 6.45) is 7.84. The molecule has 2 aliphatic carbocycles. The normalized spacial score (nSPS) is 32.9. The van der Waals surface area contributed by atoms with Gasteiger partial charge in [0.05, 0.1) is 11.9 Å². The predicted molar refractivity (Wildman–Crippen MR) is 64.7 cm³/mol. The first kappa shape index (κ1) is 11.1. The van der Waals surface area contributed by atoms with Crippen molar-refractivity contribution in [1.29, 1.82) is 0 Å². The van der Waals surface area contributed by atoms with Gasteiger partial charge in [-0.15, -0.1) is 0 Å². The van der Waals surface area contributed by atoms with Gasteiger partial charge in [-0.25, -0.2) is 4.39 Å². The van der Waals surface area contributed by atoms with Gasteiger partial charge < -0.3 is 5.73 Å². The molecule has 4 unspecified atom stereocenters. The number of aromatic nitrogens is 1. The molecule has 0 aliphatic heterocycles. The average Bonchev–Trinajstić information content (AvgIpc) is 2.91. The van der Waals surface area contributed by atoms with Gasteiger partial charge in [-0.2, -0.15) is 0 Å². The summed E-state index contributed by atoms with van der Waals surface area (Å²) in [5.41, 5.74) is 7.00. The van der Waals surface area contributed by atoms with E-state index in [4.69, 9.17) is 5.73 Å². The van der Waals surface area contributed by atoms with Gasteiger partial charge in [0.25, 0.3) is 0 Å². The highest BCUT2D eigenvalue weighted by atomic mass is 19.1. The maximum Gasteiger partial charge on any atom is 0.141 e. The van der Waals surface area contributed by atoms with E-state index in [0.717, 1.165) is 29.9 Å². The van der Waals surface area contributed by atoms with E-state index in [1.54, 1.807) is 6.07 Å². The summed E-state index contributed by atoms with van der Waals surface area (Å²) in [5.74, 6) is 2.33. The van der Waals surface area contributed by atoms with Crippen LogP contribution in [0.2, 0.25) is 0 Å². The highest BCUT2D eigenvalue weighted by molar-refractivity contribution is 5.10. The standard InChI is InChI=1S/C14H19FN2/c15-12-3-4-14(17-8-12)13(16)7-11-6-9-1-2-10(11)5-9/h3-4,8-11,13H,1-2,5-7,16H2. The summed E-state index contributed by atoms with van der Waals surface area (Å²) in [6, 6.07) is 3.14. The summed E-state index contributed by atoms with van der Waals surface area (Å²) in [4.78, 5) is 4.08. The molecule has 0 aromatic carbocycles. The van der Waals surface area contributed by atoms with Crippen LogP contribution in [-0.2, 0) is 0 Å². The van der Waals surface area contributed by atoms with Gasteiger partial charge >= 0.3 is 0 Å². The Kier molecular flexibility index (Phi) is 2.87. The molecule has 0 radical (unpaired) electrons. The number of nitrogens with zero attached hydrogens (tertiary/aromatic N) is 1. The zero-order chi connectivity index (χ0) is 11.8. The molecule has 0 spiro atoms. The van der Waals surface area contributed by atoms with E-state index in [9.17, 15) is 4.39 Å².